The van der Waals surface area contributed by atoms with Gasteiger partial charge < -0.3 is 9.47 Å². The van der Waals surface area contributed by atoms with Gasteiger partial charge in [-0.25, -0.2) is 0 Å². The molecule has 2 saturated heterocycles. The van der Waals surface area contributed by atoms with Crippen LogP contribution in [0.1, 0.15) is 11.3 Å². The van der Waals surface area contributed by atoms with Crippen molar-refractivity contribution < 1.29 is 9.47 Å². The highest BCUT2D eigenvalue weighted by molar-refractivity contribution is 5.07. The number of hydrogen-bond acceptors (Lipinski definition) is 5. The van der Waals surface area contributed by atoms with Crippen LogP contribution in [-0.4, -0.2) is 51.6 Å². The molecule has 6 heteroatoms. The molecule has 0 saturated carbocycles. The Hall–Kier alpha value is -1.76. The summed E-state index contributed by atoms with van der Waals surface area (Å²) in [5.74, 6) is 0.454. The molecule has 4 heterocycles. The standard InChI is InChI=1S/C17H22N4O2/c1-20-7-13(6-19-20)8-21-9-17(15-11-22-12-16(15)21)23-10-14-4-2-3-5-18-14/h2-7,15-17H,8-12H2,1H3/t15-,16+,17-/m0/s1. The molecule has 23 heavy (non-hydrogen) atoms. The highest BCUT2D eigenvalue weighted by atomic mass is 16.5. The summed E-state index contributed by atoms with van der Waals surface area (Å²) in [6, 6.07) is 6.38. The second-order valence-electron chi connectivity index (χ2n) is 6.39. The summed E-state index contributed by atoms with van der Waals surface area (Å²) in [7, 11) is 1.95. The van der Waals surface area contributed by atoms with E-state index in [0.29, 0.717) is 18.6 Å². The van der Waals surface area contributed by atoms with E-state index in [2.05, 4.69) is 21.2 Å². The largest absolute Gasteiger partial charge is 0.379 e. The fourth-order valence-corrected chi connectivity index (χ4v) is 3.61. The summed E-state index contributed by atoms with van der Waals surface area (Å²) in [6.45, 7) is 4.01. The van der Waals surface area contributed by atoms with Gasteiger partial charge in [-0.15, -0.1) is 0 Å². The van der Waals surface area contributed by atoms with E-state index < -0.39 is 0 Å². The first-order valence-electron chi connectivity index (χ1n) is 8.10. The summed E-state index contributed by atoms with van der Waals surface area (Å²) in [5, 5.41) is 4.26. The molecule has 3 atom stereocenters. The number of fused-ring (bicyclic) bond motifs is 1. The zero-order valence-corrected chi connectivity index (χ0v) is 13.3. The van der Waals surface area contributed by atoms with Gasteiger partial charge in [0.2, 0.25) is 0 Å². The van der Waals surface area contributed by atoms with Gasteiger partial charge in [0.1, 0.15) is 0 Å². The molecule has 0 aromatic carbocycles. The number of hydrogen-bond donors (Lipinski definition) is 0. The van der Waals surface area contributed by atoms with Gasteiger partial charge in [0.25, 0.3) is 0 Å². The summed E-state index contributed by atoms with van der Waals surface area (Å²) in [6.07, 6.45) is 6.03. The third-order valence-electron chi connectivity index (χ3n) is 4.77. The van der Waals surface area contributed by atoms with Gasteiger partial charge in [-0.2, -0.15) is 5.10 Å². The first-order chi connectivity index (χ1) is 11.3. The zero-order valence-electron chi connectivity index (χ0n) is 13.3. The highest BCUT2D eigenvalue weighted by Crippen LogP contribution is 2.33. The van der Waals surface area contributed by atoms with Crippen molar-refractivity contribution in [2.75, 3.05) is 19.8 Å². The molecule has 122 valence electrons. The Morgan fingerprint density at radius 2 is 2.30 bits per heavy atom. The van der Waals surface area contributed by atoms with Gasteiger partial charge in [0.15, 0.2) is 0 Å². The van der Waals surface area contributed by atoms with Crippen molar-refractivity contribution in [3.63, 3.8) is 0 Å². The quantitative estimate of drug-likeness (QED) is 0.831. The van der Waals surface area contributed by atoms with Crippen molar-refractivity contribution in [2.24, 2.45) is 13.0 Å². The van der Waals surface area contributed by atoms with Crippen LogP contribution in [0.4, 0.5) is 0 Å². The van der Waals surface area contributed by atoms with Gasteiger partial charge in [-0.3, -0.25) is 14.6 Å². The first-order valence-corrected chi connectivity index (χ1v) is 8.10. The van der Waals surface area contributed by atoms with Crippen LogP contribution in [0.25, 0.3) is 0 Å². The third kappa shape index (κ3) is 3.15. The van der Waals surface area contributed by atoms with Crippen LogP contribution in [0, 0.1) is 5.92 Å². The number of rotatable bonds is 5. The van der Waals surface area contributed by atoms with E-state index in [-0.39, 0.29) is 6.10 Å². The second-order valence-corrected chi connectivity index (χ2v) is 6.39. The maximum atomic E-state index is 6.17. The molecular formula is C17H22N4O2. The maximum absolute atomic E-state index is 6.17. The van der Waals surface area contributed by atoms with Gasteiger partial charge in [0, 0.05) is 50.1 Å². The summed E-state index contributed by atoms with van der Waals surface area (Å²) >= 11 is 0. The number of aryl methyl sites for hydroxylation is 1. The SMILES string of the molecule is Cn1cc(CN2C[C@H](OCc3ccccn3)[C@H]3COC[C@H]32)cn1. The third-order valence-corrected chi connectivity index (χ3v) is 4.77. The number of nitrogens with zero attached hydrogens (tertiary/aromatic N) is 4. The second kappa shape index (κ2) is 6.39. The molecule has 0 spiro atoms. The number of ether oxygens (including phenoxy) is 2. The lowest BCUT2D eigenvalue weighted by Crippen LogP contribution is -2.32. The van der Waals surface area contributed by atoms with Crippen molar-refractivity contribution in [1.29, 1.82) is 0 Å². The lowest BCUT2D eigenvalue weighted by molar-refractivity contribution is 0.00740. The van der Waals surface area contributed by atoms with E-state index in [9.17, 15) is 0 Å². The number of aromatic nitrogens is 3. The van der Waals surface area contributed by atoms with Crippen molar-refractivity contribution in [3.05, 3.63) is 48.0 Å². The monoisotopic (exact) mass is 314 g/mol. The lowest BCUT2D eigenvalue weighted by Gasteiger charge is -2.21. The minimum absolute atomic E-state index is 0.209. The fourth-order valence-electron chi connectivity index (χ4n) is 3.61. The van der Waals surface area contributed by atoms with Crippen LogP contribution in [0.15, 0.2) is 36.8 Å². The van der Waals surface area contributed by atoms with Crippen molar-refractivity contribution in [3.8, 4) is 0 Å². The summed E-state index contributed by atoms with van der Waals surface area (Å²) in [4.78, 5) is 6.80. The average Bonchev–Trinajstić information content (AvgIpc) is 3.26. The Kier molecular flexibility index (Phi) is 4.11. The predicted molar refractivity (Wildman–Crippen MR) is 84.5 cm³/mol. The molecule has 0 N–H and O–H groups in total. The fraction of sp³-hybridized carbons (Fsp3) is 0.529. The van der Waals surface area contributed by atoms with Crippen LogP contribution in [0.5, 0.6) is 0 Å². The van der Waals surface area contributed by atoms with Crippen LogP contribution in [0.3, 0.4) is 0 Å². The Morgan fingerprint density at radius 1 is 1.35 bits per heavy atom. The van der Waals surface area contributed by atoms with Crippen LogP contribution in [0.2, 0.25) is 0 Å². The molecule has 2 aliphatic rings. The van der Waals surface area contributed by atoms with Crippen molar-refractivity contribution in [1.82, 2.24) is 19.7 Å². The van der Waals surface area contributed by atoms with E-state index in [0.717, 1.165) is 32.0 Å². The molecule has 2 fully saturated rings. The van der Waals surface area contributed by atoms with Gasteiger partial charge in [0.05, 0.1) is 37.8 Å². The molecule has 0 bridgehead atoms. The average molecular weight is 314 g/mol. The van der Waals surface area contributed by atoms with E-state index in [4.69, 9.17) is 9.47 Å². The summed E-state index contributed by atoms with van der Waals surface area (Å²) in [5.41, 5.74) is 2.22. The Balaban J connectivity index is 1.40. The lowest BCUT2D eigenvalue weighted by atomic mass is 10.0. The van der Waals surface area contributed by atoms with Crippen molar-refractivity contribution in [2.45, 2.75) is 25.3 Å². The van der Waals surface area contributed by atoms with E-state index >= 15 is 0 Å². The molecule has 2 aromatic heterocycles. The molecule has 0 amide bonds. The molecule has 4 rings (SSSR count). The zero-order chi connectivity index (χ0) is 15.6. The van der Waals surface area contributed by atoms with Gasteiger partial charge in [-0.1, -0.05) is 6.07 Å². The molecular weight excluding hydrogens is 292 g/mol. The number of pyridine rings is 1. The summed E-state index contributed by atoms with van der Waals surface area (Å²) < 4.78 is 13.7. The van der Waals surface area contributed by atoms with Crippen LogP contribution >= 0.6 is 0 Å². The van der Waals surface area contributed by atoms with E-state index in [1.54, 1.807) is 0 Å². The van der Waals surface area contributed by atoms with Crippen LogP contribution in [-0.2, 0) is 29.7 Å². The molecule has 2 aliphatic heterocycles. The normalized spacial score (nSPS) is 27.4. The predicted octanol–water partition coefficient (Wildman–Crippen LogP) is 1.23. The Labute approximate surface area is 136 Å². The van der Waals surface area contributed by atoms with Gasteiger partial charge >= 0.3 is 0 Å². The van der Waals surface area contributed by atoms with E-state index in [1.807, 2.05) is 42.3 Å². The molecule has 0 aliphatic carbocycles. The minimum Gasteiger partial charge on any atom is -0.379 e. The smallest absolute Gasteiger partial charge is 0.0892 e. The topological polar surface area (TPSA) is 52.4 Å². The molecule has 0 unspecified atom stereocenters. The highest BCUT2D eigenvalue weighted by Gasteiger charge is 2.45. The Bertz CT molecular complexity index is 645. The van der Waals surface area contributed by atoms with Gasteiger partial charge in [-0.05, 0) is 12.1 Å². The molecule has 6 nitrogen and oxygen atoms in total. The minimum atomic E-state index is 0.209. The molecule has 2 aromatic rings. The van der Waals surface area contributed by atoms with Crippen LogP contribution < -0.4 is 0 Å². The number of likely N-dealkylation sites (tertiary alicyclic amines) is 1. The van der Waals surface area contributed by atoms with E-state index in [1.165, 1.54) is 5.56 Å². The first kappa shape index (κ1) is 14.8. The maximum Gasteiger partial charge on any atom is 0.0892 e. The Morgan fingerprint density at radius 3 is 3.09 bits per heavy atom. The molecule has 0 radical (unpaired) electrons. The van der Waals surface area contributed by atoms with Crippen molar-refractivity contribution >= 4 is 0 Å².